The quantitative estimate of drug-likeness (QED) is 0.653. The van der Waals surface area contributed by atoms with Crippen LogP contribution in [0, 0.1) is 15.9 Å². The number of halogens is 1. The highest BCUT2D eigenvalue weighted by molar-refractivity contribution is 5.66. The van der Waals surface area contributed by atoms with E-state index >= 15 is 0 Å². The van der Waals surface area contributed by atoms with E-state index in [2.05, 4.69) is 5.32 Å². The second kappa shape index (κ2) is 5.72. The molecule has 1 saturated heterocycles. The Bertz CT molecular complexity index is 537. The minimum atomic E-state index is -0.997. The number of hydrogen-bond donors (Lipinski definition) is 2. The third kappa shape index (κ3) is 2.95. The summed E-state index contributed by atoms with van der Waals surface area (Å²) in [4.78, 5) is 22.5. The van der Waals surface area contributed by atoms with Crippen LogP contribution in [0.15, 0.2) is 18.2 Å². The summed E-state index contributed by atoms with van der Waals surface area (Å²) in [6.07, 6.45) is 0.473. The largest absolute Gasteiger partial charge is 0.465 e. The van der Waals surface area contributed by atoms with Crippen molar-refractivity contribution in [3.8, 4) is 0 Å². The smallest absolute Gasteiger partial charge is 0.407 e. The van der Waals surface area contributed by atoms with Crippen LogP contribution in [-0.2, 0) is 0 Å². The van der Waals surface area contributed by atoms with Crippen molar-refractivity contribution in [2.75, 3.05) is 18.4 Å². The molecule has 0 aliphatic carbocycles. The minimum absolute atomic E-state index is 0.189. The number of nitrogens with one attached hydrogen (secondary N) is 1. The normalized spacial score (nSPS) is 18.1. The molecule has 8 heteroatoms. The number of nitro benzene ring substituents is 1. The van der Waals surface area contributed by atoms with Gasteiger partial charge in [-0.25, -0.2) is 9.18 Å². The Morgan fingerprint density at radius 3 is 3.00 bits per heavy atom. The lowest BCUT2D eigenvalue weighted by Crippen LogP contribution is -2.38. The molecule has 0 saturated carbocycles. The first-order valence-corrected chi connectivity index (χ1v) is 6.16. The van der Waals surface area contributed by atoms with Crippen LogP contribution in [0.2, 0.25) is 0 Å². The maximum Gasteiger partial charge on any atom is 0.407 e. The molecule has 1 aromatic rings. The molecule has 0 bridgehead atoms. The molecule has 0 unspecified atom stereocenters. The number of carboxylic acid groups (broad SMARTS) is 1. The predicted octanol–water partition coefficient (Wildman–Crippen LogP) is 2.29. The number of nitrogens with zero attached hydrogens (tertiary/aromatic N) is 2. The Morgan fingerprint density at radius 2 is 2.35 bits per heavy atom. The van der Waals surface area contributed by atoms with Gasteiger partial charge in [0, 0.05) is 13.1 Å². The van der Waals surface area contributed by atoms with E-state index in [0.29, 0.717) is 13.0 Å². The molecule has 7 nitrogen and oxygen atoms in total. The molecule has 1 atom stereocenters. The number of anilines is 1. The van der Waals surface area contributed by atoms with E-state index in [1.54, 1.807) is 0 Å². The zero-order chi connectivity index (χ0) is 14.7. The first-order valence-electron chi connectivity index (χ1n) is 6.16. The molecule has 1 aliphatic rings. The second-order valence-electron chi connectivity index (χ2n) is 4.57. The topological polar surface area (TPSA) is 95.7 Å². The first-order chi connectivity index (χ1) is 9.49. The fraction of sp³-hybridized carbons (Fsp3) is 0.417. The highest BCUT2D eigenvalue weighted by Crippen LogP contribution is 2.26. The number of benzene rings is 1. The van der Waals surface area contributed by atoms with Gasteiger partial charge in [-0.15, -0.1) is 0 Å². The maximum absolute atomic E-state index is 13.0. The Hall–Kier alpha value is -2.38. The van der Waals surface area contributed by atoms with Crippen molar-refractivity contribution in [2.45, 2.75) is 18.9 Å². The van der Waals surface area contributed by atoms with E-state index in [4.69, 9.17) is 5.11 Å². The van der Waals surface area contributed by atoms with Gasteiger partial charge in [-0.1, -0.05) is 0 Å². The summed E-state index contributed by atoms with van der Waals surface area (Å²) >= 11 is 0. The monoisotopic (exact) mass is 283 g/mol. The van der Waals surface area contributed by atoms with Gasteiger partial charge in [-0.2, -0.15) is 0 Å². The fourth-order valence-corrected chi connectivity index (χ4v) is 2.33. The van der Waals surface area contributed by atoms with Crippen LogP contribution in [0.25, 0.3) is 0 Å². The van der Waals surface area contributed by atoms with Gasteiger partial charge >= 0.3 is 6.09 Å². The molecule has 1 fully saturated rings. The molecule has 0 spiro atoms. The van der Waals surface area contributed by atoms with E-state index in [0.717, 1.165) is 18.6 Å². The van der Waals surface area contributed by atoms with Crippen LogP contribution in [0.3, 0.4) is 0 Å². The molecule has 0 radical (unpaired) electrons. The lowest BCUT2D eigenvalue weighted by atomic mass is 10.2. The Balaban J connectivity index is 2.07. The molecule has 0 aromatic heterocycles. The Labute approximate surface area is 114 Å². The molecule has 1 aliphatic heterocycles. The summed E-state index contributed by atoms with van der Waals surface area (Å²) in [6.45, 7) is 0.728. The van der Waals surface area contributed by atoms with Gasteiger partial charge in [0.2, 0.25) is 0 Å². The fourth-order valence-electron chi connectivity index (χ4n) is 2.33. The van der Waals surface area contributed by atoms with E-state index in [1.807, 2.05) is 0 Å². The van der Waals surface area contributed by atoms with E-state index in [9.17, 15) is 19.3 Å². The molecule has 2 N–H and O–H groups in total. The average molecular weight is 283 g/mol. The molecule has 1 aromatic carbocycles. The van der Waals surface area contributed by atoms with Crippen molar-refractivity contribution in [2.24, 2.45) is 0 Å². The third-order valence-electron chi connectivity index (χ3n) is 3.31. The van der Waals surface area contributed by atoms with Crippen molar-refractivity contribution < 1.29 is 19.2 Å². The van der Waals surface area contributed by atoms with Gasteiger partial charge in [-0.3, -0.25) is 10.1 Å². The summed E-state index contributed by atoms with van der Waals surface area (Å²) < 4.78 is 13.0. The molecule has 1 amide bonds. The van der Waals surface area contributed by atoms with Gasteiger partial charge in [0.1, 0.15) is 11.5 Å². The minimum Gasteiger partial charge on any atom is -0.465 e. The molecular weight excluding hydrogens is 269 g/mol. The van der Waals surface area contributed by atoms with Gasteiger partial charge in [-0.05, 0) is 25.0 Å². The van der Waals surface area contributed by atoms with Gasteiger partial charge in [0.25, 0.3) is 5.69 Å². The van der Waals surface area contributed by atoms with Gasteiger partial charge in [0.05, 0.1) is 17.0 Å². The van der Waals surface area contributed by atoms with Crippen LogP contribution in [0.1, 0.15) is 12.8 Å². The van der Waals surface area contributed by atoms with Crippen molar-refractivity contribution in [1.29, 1.82) is 0 Å². The van der Waals surface area contributed by atoms with Crippen LogP contribution >= 0.6 is 0 Å². The lowest BCUT2D eigenvalue weighted by molar-refractivity contribution is -0.384. The highest BCUT2D eigenvalue weighted by atomic mass is 19.1. The highest BCUT2D eigenvalue weighted by Gasteiger charge is 2.28. The SMILES string of the molecule is O=C(O)N1CCC[C@H]1CNc1ccc(F)cc1[N+](=O)[O-]. The summed E-state index contributed by atoms with van der Waals surface area (Å²) in [6, 6.07) is 3.02. The number of carbonyl (C=O) groups is 1. The Morgan fingerprint density at radius 1 is 1.60 bits per heavy atom. The van der Waals surface area contributed by atoms with E-state index < -0.39 is 16.8 Å². The van der Waals surface area contributed by atoms with Gasteiger partial charge in [0.15, 0.2) is 0 Å². The van der Waals surface area contributed by atoms with E-state index in [-0.39, 0.29) is 24.0 Å². The second-order valence-corrected chi connectivity index (χ2v) is 4.57. The van der Waals surface area contributed by atoms with Gasteiger partial charge < -0.3 is 15.3 Å². The van der Waals surface area contributed by atoms with Crippen molar-refractivity contribution in [3.63, 3.8) is 0 Å². The summed E-state index contributed by atoms with van der Waals surface area (Å²) in [5.41, 5.74) is -0.168. The lowest BCUT2D eigenvalue weighted by Gasteiger charge is -2.22. The number of amides is 1. The molecule has 20 heavy (non-hydrogen) atoms. The summed E-state index contributed by atoms with van der Waals surface area (Å²) in [7, 11) is 0. The van der Waals surface area contributed by atoms with Crippen LogP contribution in [-0.4, -0.2) is 40.2 Å². The Kier molecular flexibility index (Phi) is 4.02. The standard InChI is InChI=1S/C12H14FN3O4/c13-8-3-4-10(11(6-8)16(19)20)14-7-9-2-1-5-15(9)12(17)18/h3-4,6,9,14H,1-2,5,7H2,(H,17,18)/t9-/m0/s1. The van der Waals surface area contributed by atoms with Crippen LogP contribution < -0.4 is 5.32 Å². The van der Waals surface area contributed by atoms with E-state index in [1.165, 1.54) is 11.0 Å². The molecule has 2 rings (SSSR count). The number of rotatable bonds is 4. The third-order valence-corrected chi connectivity index (χ3v) is 3.31. The maximum atomic E-state index is 13.0. The summed E-state index contributed by atoms with van der Waals surface area (Å²) in [5, 5.41) is 22.7. The zero-order valence-corrected chi connectivity index (χ0v) is 10.6. The molecule has 108 valence electrons. The molecule has 1 heterocycles. The average Bonchev–Trinajstić information content (AvgIpc) is 2.85. The number of likely N-dealkylation sites (tertiary alicyclic amines) is 1. The number of nitro groups is 1. The first kappa shape index (κ1) is 14.0. The van der Waals surface area contributed by atoms with Crippen molar-refractivity contribution in [1.82, 2.24) is 4.90 Å². The van der Waals surface area contributed by atoms with Crippen LogP contribution in [0.5, 0.6) is 0 Å². The molecular formula is C12H14FN3O4. The van der Waals surface area contributed by atoms with Crippen molar-refractivity contribution >= 4 is 17.5 Å². The number of hydrogen-bond acceptors (Lipinski definition) is 4. The van der Waals surface area contributed by atoms with Crippen LogP contribution in [0.4, 0.5) is 20.6 Å². The van der Waals surface area contributed by atoms with Crippen molar-refractivity contribution in [3.05, 3.63) is 34.1 Å². The predicted molar refractivity (Wildman–Crippen MR) is 69.3 cm³/mol. The summed E-state index contributed by atoms with van der Waals surface area (Å²) in [5.74, 6) is -0.685. The zero-order valence-electron chi connectivity index (χ0n) is 10.6.